The van der Waals surface area contributed by atoms with Crippen molar-refractivity contribution in [2.45, 2.75) is 25.3 Å². The molecule has 1 saturated carbocycles. The summed E-state index contributed by atoms with van der Waals surface area (Å²) in [6, 6.07) is 7.11. The van der Waals surface area contributed by atoms with E-state index in [0.29, 0.717) is 18.3 Å². The van der Waals surface area contributed by atoms with Gasteiger partial charge in [-0.25, -0.2) is 9.78 Å². The second kappa shape index (κ2) is 7.14. The molecule has 4 rings (SSSR count). The summed E-state index contributed by atoms with van der Waals surface area (Å²) in [5.41, 5.74) is -0.0982. The summed E-state index contributed by atoms with van der Waals surface area (Å²) in [7, 11) is 1.56. The molecule has 2 aliphatic rings. The first-order valence-corrected chi connectivity index (χ1v) is 10.0. The molecule has 1 aliphatic heterocycles. The molecule has 1 aliphatic carbocycles. The van der Waals surface area contributed by atoms with Gasteiger partial charge >= 0.3 is 6.03 Å². The van der Waals surface area contributed by atoms with Gasteiger partial charge in [-0.2, -0.15) is 0 Å². The largest absolute Gasteiger partial charge is 0.383 e. The molecule has 4 amide bonds. The summed E-state index contributed by atoms with van der Waals surface area (Å²) in [6.45, 7) is 2.04. The van der Waals surface area contributed by atoms with Gasteiger partial charge in [-0.05, 0) is 37.8 Å². The number of carbonyl (C=O) groups is 3. The lowest BCUT2D eigenvalue weighted by Crippen LogP contribution is -2.47. The van der Waals surface area contributed by atoms with Crippen LogP contribution in [0, 0.1) is 5.92 Å². The molecular weight excluding hydrogens is 380 g/mol. The maximum Gasteiger partial charge on any atom is 0.325 e. The molecule has 2 aromatic rings. The van der Waals surface area contributed by atoms with E-state index in [1.54, 1.807) is 14.0 Å². The summed E-state index contributed by atoms with van der Waals surface area (Å²) in [5.74, 6) is -0.540. The Bertz CT molecular complexity index is 908. The lowest BCUT2D eigenvalue weighted by molar-refractivity contribution is -0.134. The zero-order chi connectivity index (χ0) is 19.9. The number of aromatic nitrogens is 1. The first-order chi connectivity index (χ1) is 13.4. The highest BCUT2D eigenvalue weighted by molar-refractivity contribution is 7.22. The number of urea groups is 1. The number of carbonyl (C=O) groups excluding carboxylic acids is 3. The van der Waals surface area contributed by atoms with Crippen molar-refractivity contribution >= 4 is 44.5 Å². The minimum absolute atomic E-state index is 0.151. The van der Waals surface area contributed by atoms with Gasteiger partial charge in [0.25, 0.3) is 5.91 Å². The van der Waals surface area contributed by atoms with Gasteiger partial charge in [0.15, 0.2) is 5.13 Å². The summed E-state index contributed by atoms with van der Waals surface area (Å²) in [5, 5.41) is 3.30. The molecule has 1 saturated heterocycles. The van der Waals surface area contributed by atoms with Crippen molar-refractivity contribution in [3.05, 3.63) is 24.3 Å². The number of methoxy groups -OCH3 is 1. The van der Waals surface area contributed by atoms with Crippen LogP contribution in [0.25, 0.3) is 10.2 Å². The van der Waals surface area contributed by atoms with E-state index in [-0.39, 0.29) is 24.3 Å². The number of para-hydroxylation sites is 1. The highest BCUT2D eigenvalue weighted by Crippen LogP contribution is 2.42. The fourth-order valence-corrected chi connectivity index (χ4v) is 4.51. The number of anilines is 1. The Hall–Kier alpha value is -2.52. The molecule has 0 radical (unpaired) electrons. The van der Waals surface area contributed by atoms with Gasteiger partial charge in [0.2, 0.25) is 5.91 Å². The van der Waals surface area contributed by atoms with Crippen molar-refractivity contribution in [1.82, 2.24) is 15.2 Å². The number of hydrogen-bond donors (Lipinski definition) is 1. The second-order valence-electron chi connectivity index (χ2n) is 7.30. The monoisotopic (exact) mass is 402 g/mol. The van der Waals surface area contributed by atoms with Gasteiger partial charge in [-0.1, -0.05) is 23.5 Å². The molecule has 0 spiro atoms. The number of nitrogens with one attached hydrogen (secondary N) is 1. The predicted octanol–water partition coefficient (Wildman–Crippen LogP) is 2.00. The lowest BCUT2D eigenvalue weighted by Gasteiger charge is -2.23. The van der Waals surface area contributed by atoms with Crippen molar-refractivity contribution in [1.29, 1.82) is 0 Å². The maximum atomic E-state index is 13.0. The third-order valence-corrected chi connectivity index (χ3v) is 6.38. The Balaban J connectivity index is 1.56. The molecule has 8 nitrogen and oxygen atoms in total. The van der Waals surface area contributed by atoms with Crippen LogP contribution in [-0.4, -0.2) is 60.1 Å². The molecule has 1 unspecified atom stereocenters. The predicted molar refractivity (Wildman–Crippen MR) is 105 cm³/mol. The van der Waals surface area contributed by atoms with Crippen LogP contribution in [-0.2, 0) is 14.3 Å². The fraction of sp³-hybridized carbons (Fsp3) is 0.474. The molecule has 9 heteroatoms. The number of thiazole rings is 1. The normalized spacial score (nSPS) is 22.0. The maximum absolute atomic E-state index is 13.0. The van der Waals surface area contributed by atoms with Gasteiger partial charge in [0.1, 0.15) is 12.1 Å². The van der Waals surface area contributed by atoms with E-state index < -0.39 is 11.6 Å². The van der Waals surface area contributed by atoms with Crippen LogP contribution >= 0.6 is 11.3 Å². The first kappa shape index (κ1) is 18.8. The van der Waals surface area contributed by atoms with E-state index in [1.165, 1.54) is 16.2 Å². The van der Waals surface area contributed by atoms with Crippen LogP contribution in [0.1, 0.15) is 19.8 Å². The number of hydrogen-bond acceptors (Lipinski definition) is 6. The highest BCUT2D eigenvalue weighted by Gasteiger charge is 2.56. The molecule has 2 heterocycles. The molecule has 2 fully saturated rings. The van der Waals surface area contributed by atoms with Crippen molar-refractivity contribution in [2.75, 3.05) is 31.7 Å². The SMILES string of the molecule is COCCN(C(=O)CN1C(=O)NC(C)(C2CC2)C1=O)c1nc2ccccc2s1. The number of amides is 4. The average molecular weight is 402 g/mol. The minimum Gasteiger partial charge on any atom is -0.383 e. The molecule has 0 bridgehead atoms. The molecular formula is C19H22N4O4S. The van der Waals surface area contributed by atoms with Gasteiger partial charge in [-0.3, -0.25) is 19.4 Å². The molecule has 148 valence electrons. The van der Waals surface area contributed by atoms with E-state index in [1.807, 2.05) is 24.3 Å². The number of imide groups is 1. The summed E-state index contributed by atoms with van der Waals surface area (Å²) < 4.78 is 6.09. The Kier molecular flexibility index (Phi) is 4.80. The molecule has 1 aromatic heterocycles. The van der Waals surface area contributed by atoms with Crippen LogP contribution < -0.4 is 10.2 Å². The van der Waals surface area contributed by atoms with Crippen molar-refractivity contribution < 1.29 is 19.1 Å². The zero-order valence-electron chi connectivity index (χ0n) is 15.8. The Morgan fingerprint density at radius 3 is 2.82 bits per heavy atom. The summed E-state index contributed by atoms with van der Waals surface area (Å²) in [4.78, 5) is 45.2. The van der Waals surface area contributed by atoms with Gasteiger partial charge in [0.05, 0.1) is 23.4 Å². The van der Waals surface area contributed by atoms with Crippen LogP contribution in [0.2, 0.25) is 0 Å². The summed E-state index contributed by atoms with van der Waals surface area (Å²) in [6.07, 6.45) is 1.83. The van der Waals surface area contributed by atoms with Gasteiger partial charge in [0, 0.05) is 7.11 Å². The van der Waals surface area contributed by atoms with Crippen LogP contribution in [0.5, 0.6) is 0 Å². The quantitative estimate of drug-likeness (QED) is 0.715. The fourth-order valence-electron chi connectivity index (χ4n) is 3.50. The number of nitrogens with zero attached hydrogens (tertiary/aromatic N) is 3. The Morgan fingerprint density at radius 1 is 1.39 bits per heavy atom. The topological polar surface area (TPSA) is 91.8 Å². The second-order valence-corrected chi connectivity index (χ2v) is 8.31. The van der Waals surface area contributed by atoms with E-state index in [2.05, 4.69) is 10.3 Å². The number of benzene rings is 1. The lowest BCUT2D eigenvalue weighted by atomic mass is 9.96. The van der Waals surface area contributed by atoms with Crippen LogP contribution in [0.15, 0.2) is 24.3 Å². The average Bonchev–Trinajstić information content (AvgIpc) is 3.41. The third kappa shape index (κ3) is 3.24. The standard InChI is InChI=1S/C19H22N4O4S/c1-19(12-7-8-12)16(25)23(17(26)21-19)11-15(24)22(9-10-27-2)18-20-13-5-3-4-6-14(13)28-18/h3-6,12H,7-11H2,1-2H3,(H,21,26). The van der Waals surface area contributed by atoms with E-state index >= 15 is 0 Å². The van der Waals surface area contributed by atoms with Crippen molar-refractivity contribution in [3.8, 4) is 0 Å². The molecule has 1 atom stereocenters. The van der Waals surface area contributed by atoms with E-state index in [4.69, 9.17) is 4.74 Å². The molecule has 28 heavy (non-hydrogen) atoms. The van der Waals surface area contributed by atoms with Gasteiger partial charge in [-0.15, -0.1) is 0 Å². The van der Waals surface area contributed by atoms with Crippen molar-refractivity contribution in [2.24, 2.45) is 5.92 Å². The summed E-state index contributed by atoms with van der Waals surface area (Å²) >= 11 is 1.39. The number of rotatable bonds is 7. The Labute approximate surface area is 166 Å². The zero-order valence-corrected chi connectivity index (χ0v) is 16.6. The smallest absolute Gasteiger partial charge is 0.325 e. The minimum atomic E-state index is -0.898. The number of ether oxygens (including phenoxy) is 1. The highest BCUT2D eigenvalue weighted by atomic mass is 32.1. The third-order valence-electron chi connectivity index (χ3n) is 5.32. The van der Waals surface area contributed by atoms with E-state index in [0.717, 1.165) is 28.0 Å². The van der Waals surface area contributed by atoms with Crippen LogP contribution in [0.4, 0.5) is 9.93 Å². The van der Waals surface area contributed by atoms with Gasteiger partial charge < -0.3 is 10.1 Å². The van der Waals surface area contributed by atoms with Crippen molar-refractivity contribution in [3.63, 3.8) is 0 Å². The number of fused-ring (bicyclic) bond motifs is 1. The molecule has 1 N–H and O–H groups in total. The molecule has 1 aromatic carbocycles. The first-order valence-electron chi connectivity index (χ1n) is 9.23. The Morgan fingerprint density at radius 2 is 2.14 bits per heavy atom. The van der Waals surface area contributed by atoms with Crippen LogP contribution in [0.3, 0.4) is 0 Å². The van der Waals surface area contributed by atoms with E-state index in [9.17, 15) is 14.4 Å².